The second-order valence-electron chi connectivity index (χ2n) is 3.51. The van der Waals surface area contributed by atoms with Crippen molar-refractivity contribution in [3.63, 3.8) is 0 Å². The average molecular weight is 266 g/mol. The first-order chi connectivity index (χ1) is 7.43. The Morgan fingerprint density at radius 2 is 2.25 bits per heavy atom. The third-order valence-corrected chi connectivity index (χ3v) is 2.95. The Balaban J connectivity index is 3.01. The van der Waals surface area contributed by atoms with E-state index in [0.29, 0.717) is 22.1 Å². The summed E-state index contributed by atoms with van der Waals surface area (Å²) in [5, 5.41) is 10.4. The van der Waals surface area contributed by atoms with Gasteiger partial charge in [-0.25, -0.2) is 4.79 Å². The highest BCUT2D eigenvalue weighted by atomic mass is 35.5. The van der Waals surface area contributed by atoms with Crippen molar-refractivity contribution in [1.29, 1.82) is 0 Å². The van der Waals surface area contributed by atoms with Gasteiger partial charge >= 0.3 is 6.09 Å². The molecule has 1 amide bonds. The monoisotopic (exact) mass is 265 g/mol. The lowest BCUT2D eigenvalue weighted by Crippen LogP contribution is -2.34. The molecule has 16 heavy (non-hydrogen) atoms. The first kappa shape index (κ1) is 13.4. The van der Waals surface area contributed by atoms with E-state index in [1.165, 1.54) is 6.92 Å². The summed E-state index contributed by atoms with van der Waals surface area (Å²) in [5.74, 6) is 0. The van der Waals surface area contributed by atoms with Gasteiger partial charge in [-0.3, -0.25) is 0 Å². The van der Waals surface area contributed by atoms with E-state index in [1.54, 1.807) is 6.08 Å². The van der Waals surface area contributed by atoms with Crippen LogP contribution in [0.25, 0.3) is 0 Å². The first-order valence-electron chi connectivity index (χ1n) is 4.82. The number of amides is 1. The molecule has 1 aliphatic rings. The Kier molecular flexibility index (Phi) is 4.65. The molecule has 0 saturated carbocycles. The molecule has 0 unspecified atom stereocenters. The van der Waals surface area contributed by atoms with Gasteiger partial charge in [0.1, 0.15) is 0 Å². The van der Waals surface area contributed by atoms with Crippen molar-refractivity contribution in [2.75, 3.05) is 0 Å². The van der Waals surface area contributed by atoms with Crippen LogP contribution < -0.4 is 5.73 Å². The summed E-state index contributed by atoms with van der Waals surface area (Å²) in [6.07, 6.45) is 0.272. The molecule has 4 nitrogen and oxygen atoms in total. The molecule has 6 heteroatoms. The standard InChI is InChI=1S/C10H13Cl2NO3/c1-5(14)9(16-10(13)15)8-6(11)3-2-4-7(8)12/h3,5,9,14H,2,4H2,1H3,(H2,13,15)/t5-,9+/m0/s1. The van der Waals surface area contributed by atoms with Crippen LogP contribution in [0.1, 0.15) is 19.8 Å². The molecule has 0 aromatic rings. The fourth-order valence-electron chi connectivity index (χ4n) is 1.51. The Morgan fingerprint density at radius 1 is 1.62 bits per heavy atom. The fourth-order valence-corrected chi connectivity index (χ4v) is 2.21. The molecule has 0 spiro atoms. The highest BCUT2D eigenvalue weighted by Crippen LogP contribution is 2.34. The van der Waals surface area contributed by atoms with Crippen LogP contribution in [0.2, 0.25) is 0 Å². The van der Waals surface area contributed by atoms with Gasteiger partial charge in [-0.1, -0.05) is 29.3 Å². The minimum absolute atomic E-state index is 0.392. The van der Waals surface area contributed by atoms with Gasteiger partial charge in [-0.15, -0.1) is 0 Å². The topological polar surface area (TPSA) is 72.6 Å². The largest absolute Gasteiger partial charge is 0.439 e. The van der Waals surface area contributed by atoms with Crippen LogP contribution in [0.15, 0.2) is 21.7 Å². The van der Waals surface area contributed by atoms with Gasteiger partial charge in [0.15, 0.2) is 6.10 Å². The average Bonchev–Trinajstić information content (AvgIpc) is 2.15. The number of hydrogen-bond donors (Lipinski definition) is 2. The lowest BCUT2D eigenvalue weighted by molar-refractivity contribution is 0.0371. The van der Waals surface area contributed by atoms with Gasteiger partial charge in [0.05, 0.1) is 6.10 Å². The van der Waals surface area contributed by atoms with Gasteiger partial charge in [0, 0.05) is 15.6 Å². The summed E-state index contributed by atoms with van der Waals surface area (Å²) in [6, 6.07) is 0. The molecule has 0 radical (unpaired) electrons. The van der Waals surface area contributed by atoms with Crippen molar-refractivity contribution >= 4 is 29.3 Å². The van der Waals surface area contributed by atoms with Crippen molar-refractivity contribution < 1.29 is 14.6 Å². The van der Waals surface area contributed by atoms with Gasteiger partial charge < -0.3 is 15.6 Å². The predicted molar refractivity (Wildman–Crippen MR) is 62.2 cm³/mol. The van der Waals surface area contributed by atoms with E-state index in [9.17, 15) is 9.90 Å². The minimum atomic E-state index is -0.974. The Labute approximate surface area is 104 Å². The van der Waals surface area contributed by atoms with Crippen LogP contribution in [0.3, 0.4) is 0 Å². The number of carbonyl (C=O) groups is 1. The van der Waals surface area contributed by atoms with Crippen molar-refractivity contribution in [2.45, 2.75) is 32.0 Å². The molecule has 0 heterocycles. The van der Waals surface area contributed by atoms with Gasteiger partial charge in [-0.2, -0.15) is 0 Å². The zero-order chi connectivity index (χ0) is 12.3. The van der Waals surface area contributed by atoms with Gasteiger partial charge in [-0.05, 0) is 19.8 Å². The smallest absolute Gasteiger partial charge is 0.405 e. The molecule has 0 bridgehead atoms. The molecule has 0 saturated heterocycles. The summed E-state index contributed by atoms with van der Waals surface area (Å²) in [4.78, 5) is 10.7. The van der Waals surface area contributed by atoms with E-state index in [-0.39, 0.29) is 0 Å². The van der Waals surface area contributed by atoms with Crippen molar-refractivity contribution in [3.8, 4) is 0 Å². The fraction of sp³-hybridized carbons (Fsp3) is 0.500. The summed E-state index contributed by atoms with van der Waals surface area (Å²) in [6.45, 7) is 1.48. The number of primary amides is 1. The molecule has 0 aromatic carbocycles. The number of hydrogen-bond acceptors (Lipinski definition) is 3. The number of rotatable bonds is 3. The predicted octanol–water partition coefficient (Wildman–Crippen LogP) is 2.24. The molecule has 3 N–H and O–H groups in total. The molecular weight excluding hydrogens is 253 g/mol. The van der Waals surface area contributed by atoms with Crippen LogP contribution in [0, 0.1) is 0 Å². The van der Waals surface area contributed by atoms with Crippen molar-refractivity contribution in [2.24, 2.45) is 5.73 Å². The molecule has 1 aliphatic carbocycles. The molecule has 0 fully saturated rings. The zero-order valence-corrected chi connectivity index (χ0v) is 10.3. The summed E-state index contributed by atoms with van der Waals surface area (Å²) in [5.41, 5.74) is 5.36. The molecule has 2 atom stereocenters. The van der Waals surface area contributed by atoms with Gasteiger partial charge in [0.2, 0.25) is 0 Å². The van der Waals surface area contributed by atoms with Crippen LogP contribution in [-0.2, 0) is 4.74 Å². The van der Waals surface area contributed by atoms with E-state index < -0.39 is 18.3 Å². The third-order valence-electron chi connectivity index (χ3n) is 2.20. The number of ether oxygens (including phenoxy) is 1. The molecule has 90 valence electrons. The lowest BCUT2D eigenvalue weighted by atomic mass is 9.98. The summed E-state index contributed by atoms with van der Waals surface area (Å²) >= 11 is 12.0. The molecule has 0 aliphatic heterocycles. The number of halogens is 2. The molecule has 1 rings (SSSR count). The normalized spacial score (nSPS) is 20.1. The Bertz CT molecular complexity index is 350. The molecule has 0 aromatic heterocycles. The number of carbonyl (C=O) groups excluding carboxylic acids is 1. The second-order valence-corrected chi connectivity index (χ2v) is 4.37. The first-order valence-corrected chi connectivity index (χ1v) is 5.57. The van der Waals surface area contributed by atoms with E-state index in [4.69, 9.17) is 33.7 Å². The maximum atomic E-state index is 10.7. The Hall–Kier alpha value is -0.710. The zero-order valence-electron chi connectivity index (χ0n) is 8.74. The number of allylic oxidation sites excluding steroid dienone is 2. The van der Waals surface area contributed by atoms with Crippen LogP contribution in [-0.4, -0.2) is 23.4 Å². The van der Waals surface area contributed by atoms with E-state index >= 15 is 0 Å². The maximum Gasteiger partial charge on any atom is 0.405 e. The van der Waals surface area contributed by atoms with E-state index in [1.807, 2.05) is 0 Å². The number of aliphatic hydroxyl groups excluding tert-OH is 1. The highest BCUT2D eigenvalue weighted by Gasteiger charge is 2.29. The van der Waals surface area contributed by atoms with Crippen LogP contribution in [0.4, 0.5) is 4.79 Å². The SMILES string of the molecule is C[C@H](O)[C@@H](OC(N)=O)C1=C(Cl)CCC=C1Cl. The van der Waals surface area contributed by atoms with Crippen LogP contribution in [0.5, 0.6) is 0 Å². The van der Waals surface area contributed by atoms with E-state index in [2.05, 4.69) is 0 Å². The minimum Gasteiger partial charge on any atom is -0.439 e. The second kappa shape index (κ2) is 5.57. The highest BCUT2D eigenvalue weighted by molar-refractivity contribution is 6.36. The summed E-state index contributed by atoms with van der Waals surface area (Å²) < 4.78 is 4.81. The van der Waals surface area contributed by atoms with Gasteiger partial charge in [0.25, 0.3) is 0 Å². The quantitative estimate of drug-likeness (QED) is 0.822. The molecular formula is C10H13Cl2NO3. The van der Waals surface area contributed by atoms with Crippen molar-refractivity contribution in [3.05, 3.63) is 21.7 Å². The third kappa shape index (κ3) is 3.14. The Morgan fingerprint density at radius 3 is 2.69 bits per heavy atom. The number of nitrogens with two attached hydrogens (primary N) is 1. The maximum absolute atomic E-state index is 10.7. The number of aliphatic hydroxyl groups is 1. The van der Waals surface area contributed by atoms with Crippen molar-refractivity contribution in [1.82, 2.24) is 0 Å². The lowest BCUT2D eigenvalue weighted by Gasteiger charge is -2.25. The summed E-state index contributed by atoms with van der Waals surface area (Å²) in [7, 11) is 0. The van der Waals surface area contributed by atoms with E-state index in [0.717, 1.165) is 6.42 Å². The van der Waals surface area contributed by atoms with Crippen LogP contribution >= 0.6 is 23.2 Å².